The molecule has 1 aromatic heterocycles. The minimum Gasteiger partial charge on any atom is -0.369 e. The summed E-state index contributed by atoms with van der Waals surface area (Å²) in [5.41, 5.74) is 3.79. The Morgan fingerprint density at radius 1 is 1.13 bits per heavy atom. The Bertz CT molecular complexity index is 908. The summed E-state index contributed by atoms with van der Waals surface area (Å²) in [4.78, 5) is 8.49. The van der Waals surface area contributed by atoms with Crippen molar-refractivity contribution in [2.24, 2.45) is 11.8 Å². The normalized spacial score (nSPS) is 24.3. The zero-order valence-electron chi connectivity index (χ0n) is 12.5. The standard InChI is InChI=1S/C19H16FN3/c20-12-5-6-17-15(8-12)19(23-10-22-17)21-9-16-14-7-11-3-1-2-4-13(11)18(14)16/h1-6,8,10,14,16,18H,7,9H2,(H,21,22,23). The first-order valence-electron chi connectivity index (χ1n) is 8.03. The quantitative estimate of drug-likeness (QED) is 0.800. The Hall–Kier alpha value is -2.49. The summed E-state index contributed by atoms with van der Waals surface area (Å²) in [7, 11) is 0. The molecule has 3 nitrogen and oxygen atoms in total. The third kappa shape index (κ3) is 2.01. The highest BCUT2D eigenvalue weighted by Crippen LogP contribution is 2.61. The van der Waals surface area contributed by atoms with Crippen molar-refractivity contribution < 1.29 is 4.39 Å². The average molecular weight is 305 g/mol. The minimum atomic E-state index is -0.257. The van der Waals surface area contributed by atoms with Gasteiger partial charge < -0.3 is 5.32 Å². The molecule has 3 unspecified atom stereocenters. The summed E-state index contributed by atoms with van der Waals surface area (Å²) in [6.07, 6.45) is 2.72. The highest BCUT2D eigenvalue weighted by Gasteiger charge is 2.54. The Morgan fingerprint density at radius 2 is 2.04 bits per heavy atom. The van der Waals surface area contributed by atoms with Gasteiger partial charge in [0, 0.05) is 11.9 Å². The van der Waals surface area contributed by atoms with E-state index in [1.807, 2.05) is 0 Å². The number of anilines is 1. The van der Waals surface area contributed by atoms with Crippen LogP contribution in [0.1, 0.15) is 17.0 Å². The van der Waals surface area contributed by atoms with E-state index in [0.29, 0.717) is 11.8 Å². The molecule has 1 N–H and O–H groups in total. The molecule has 0 bridgehead atoms. The molecule has 1 fully saturated rings. The Morgan fingerprint density at radius 3 is 3.00 bits per heavy atom. The summed E-state index contributed by atoms with van der Waals surface area (Å²) in [5.74, 6) is 2.57. The number of nitrogens with zero attached hydrogens (tertiary/aromatic N) is 2. The predicted molar refractivity (Wildman–Crippen MR) is 87.9 cm³/mol. The molecule has 0 radical (unpaired) electrons. The van der Waals surface area contributed by atoms with Crippen molar-refractivity contribution in [3.05, 3.63) is 65.7 Å². The van der Waals surface area contributed by atoms with Crippen molar-refractivity contribution in [3.8, 4) is 0 Å². The lowest BCUT2D eigenvalue weighted by atomic mass is 10.0. The number of hydrogen-bond acceptors (Lipinski definition) is 3. The van der Waals surface area contributed by atoms with E-state index >= 15 is 0 Å². The first-order chi connectivity index (χ1) is 11.3. The molecule has 3 atom stereocenters. The van der Waals surface area contributed by atoms with Gasteiger partial charge in [-0.25, -0.2) is 14.4 Å². The average Bonchev–Trinajstić information content (AvgIpc) is 3.11. The van der Waals surface area contributed by atoms with Gasteiger partial charge in [0.1, 0.15) is 18.0 Å². The van der Waals surface area contributed by atoms with Gasteiger partial charge in [-0.05, 0) is 53.5 Å². The predicted octanol–water partition coefficient (Wildman–Crippen LogP) is 3.77. The van der Waals surface area contributed by atoms with Crippen LogP contribution in [-0.2, 0) is 6.42 Å². The van der Waals surface area contributed by atoms with Crippen LogP contribution in [0.25, 0.3) is 10.9 Å². The second kappa shape index (κ2) is 4.75. The summed E-state index contributed by atoms with van der Waals surface area (Å²) in [6, 6.07) is 13.4. The van der Waals surface area contributed by atoms with Crippen LogP contribution in [0.2, 0.25) is 0 Å². The lowest BCUT2D eigenvalue weighted by Crippen LogP contribution is -2.09. The number of halogens is 1. The highest BCUT2D eigenvalue weighted by molar-refractivity contribution is 5.88. The van der Waals surface area contributed by atoms with Crippen LogP contribution in [0.5, 0.6) is 0 Å². The van der Waals surface area contributed by atoms with E-state index in [1.165, 1.54) is 36.0 Å². The van der Waals surface area contributed by atoms with Gasteiger partial charge in [0.15, 0.2) is 0 Å². The van der Waals surface area contributed by atoms with Gasteiger partial charge in [-0.3, -0.25) is 0 Å². The van der Waals surface area contributed by atoms with Crippen LogP contribution in [0, 0.1) is 17.7 Å². The molecule has 2 aliphatic carbocycles. The van der Waals surface area contributed by atoms with Crippen molar-refractivity contribution in [2.75, 3.05) is 11.9 Å². The molecule has 1 heterocycles. The fourth-order valence-corrected chi connectivity index (χ4v) is 4.15. The van der Waals surface area contributed by atoms with Crippen LogP contribution < -0.4 is 5.32 Å². The third-order valence-electron chi connectivity index (χ3n) is 5.30. The molecule has 5 rings (SSSR count). The number of hydrogen-bond donors (Lipinski definition) is 1. The number of rotatable bonds is 3. The Kier molecular flexibility index (Phi) is 2.68. The second-order valence-corrected chi connectivity index (χ2v) is 6.52. The van der Waals surface area contributed by atoms with Gasteiger partial charge in [-0.1, -0.05) is 24.3 Å². The molecule has 4 heteroatoms. The van der Waals surface area contributed by atoms with E-state index in [0.717, 1.165) is 29.2 Å². The molecule has 0 saturated heterocycles. The maximum atomic E-state index is 13.5. The zero-order chi connectivity index (χ0) is 15.4. The maximum Gasteiger partial charge on any atom is 0.137 e. The molecule has 3 aromatic rings. The van der Waals surface area contributed by atoms with E-state index in [-0.39, 0.29) is 5.82 Å². The molecule has 23 heavy (non-hydrogen) atoms. The van der Waals surface area contributed by atoms with Crippen LogP contribution in [0.4, 0.5) is 10.2 Å². The van der Waals surface area contributed by atoms with Crippen molar-refractivity contribution in [1.29, 1.82) is 0 Å². The fourth-order valence-electron chi connectivity index (χ4n) is 4.15. The number of fused-ring (bicyclic) bond motifs is 4. The van der Waals surface area contributed by atoms with E-state index in [1.54, 1.807) is 6.07 Å². The van der Waals surface area contributed by atoms with E-state index in [9.17, 15) is 4.39 Å². The monoisotopic (exact) mass is 305 g/mol. The fraction of sp³-hybridized carbons (Fsp3) is 0.263. The van der Waals surface area contributed by atoms with E-state index in [4.69, 9.17) is 0 Å². The summed E-state index contributed by atoms with van der Waals surface area (Å²) in [6.45, 7) is 0.881. The van der Waals surface area contributed by atoms with Gasteiger partial charge in [-0.15, -0.1) is 0 Å². The van der Waals surface area contributed by atoms with E-state index in [2.05, 4.69) is 39.6 Å². The molecule has 0 spiro atoms. The molecule has 114 valence electrons. The second-order valence-electron chi connectivity index (χ2n) is 6.52. The third-order valence-corrected chi connectivity index (χ3v) is 5.30. The van der Waals surface area contributed by atoms with Gasteiger partial charge in [0.05, 0.1) is 5.52 Å². The summed E-state index contributed by atoms with van der Waals surface area (Å²) >= 11 is 0. The molecular weight excluding hydrogens is 289 g/mol. The molecule has 0 amide bonds. The first-order valence-corrected chi connectivity index (χ1v) is 8.03. The first kappa shape index (κ1) is 13.0. The molecule has 1 saturated carbocycles. The van der Waals surface area contributed by atoms with Gasteiger partial charge in [0.2, 0.25) is 0 Å². The zero-order valence-corrected chi connectivity index (χ0v) is 12.5. The number of nitrogens with one attached hydrogen (secondary N) is 1. The highest BCUT2D eigenvalue weighted by atomic mass is 19.1. The van der Waals surface area contributed by atoms with Crippen LogP contribution >= 0.6 is 0 Å². The molecule has 2 aliphatic rings. The van der Waals surface area contributed by atoms with Gasteiger partial charge in [-0.2, -0.15) is 0 Å². The Labute approximate surface area is 133 Å². The van der Waals surface area contributed by atoms with E-state index < -0.39 is 0 Å². The van der Waals surface area contributed by atoms with Gasteiger partial charge >= 0.3 is 0 Å². The van der Waals surface area contributed by atoms with Crippen molar-refractivity contribution in [1.82, 2.24) is 9.97 Å². The number of benzene rings is 2. The topological polar surface area (TPSA) is 37.8 Å². The molecular formula is C19H16FN3. The smallest absolute Gasteiger partial charge is 0.137 e. The summed E-state index contributed by atoms with van der Waals surface area (Å²) < 4.78 is 13.5. The van der Waals surface area contributed by atoms with Crippen LogP contribution in [0.15, 0.2) is 48.8 Å². The summed E-state index contributed by atoms with van der Waals surface area (Å²) in [5, 5.41) is 4.17. The maximum absolute atomic E-state index is 13.5. The largest absolute Gasteiger partial charge is 0.369 e. The SMILES string of the molecule is Fc1ccc2ncnc(NCC3C4Cc5ccccc5C34)c2c1. The number of aromatic nitrogens is 2. The molecule has 2 aromatic carbocycles. The lowest BCUT2D eigenvalue weighted by Gasteiger charge is -2.10. The van der Waals surface area contributed by atoms with Crippen molar-refractivity contribution in [2.45, 2.75) is 12.3 Å². The molecule has 0 aliphatic heterocycles. The van der Waals surface area contributed by atoms with Gasteiger partial charge in [0.25, 0.3) is 0 Å². The van der Waals surface area contributed by atoms with Crippen molar-refractivity contribution >= 4 is 16.7 Å². The van der Waals surface area contributed by atoms with Crippen molar-refractivity contribution in [3.63, 3.8) is 0 Å². The lowest BCUT2D eigenvalue weighted by molar-refractivity contribution is 0.629. The minimum absolute atomic E-state index is 0.257. The van der Waals surface area contributed by atoms with Crippen LogP contribution in [0.3, 0.4) is 0 Å². The Balaban J connectivity index is 1.36. The van der Waals surface area contributed by atoms with Crippen LogP contribution in [-0.4, -0.2) is 16.5 Å².